The quantitative estimate of drug-likeness (QED) is 0.388. The summed E-state index contributed by atoms with van der Waals surface area (Å²) in [6, 6.07) is 19.5. The molecule has 2 aromatic carbocycles. The van der Waals surface area contributed by atoms with E-state index in [1.54, 1.807) is 11.3 Å². The molecule has 0 unspecified atom stereocenters. The minimum atomic E-state index is 1.01. The molecule has 0 N–H and O–H groups in total. The normalized spacial score (nSPS) is 11.7. The second-order valence-corrected chi connectivity index (χ2v) is 8.02. The fraction of sp³-hybridized carbons (Fsp3) is 0.136. The first-order valence-corrected chi connectivity index (χ1v) is 9.54. The molecule has 26 heavy (non-hydrogen) atoms. The smallest absolute Gasteiger partial charge is 0.110 e. The second-order valence-electron chi connectivity index (χ2n) is 6.73. The van der Waals surface area contributed by atoms with E-state index in [-0.39, 0.29) is 0 Å². The number of fused-ring (bicyclic) bond motifs is 3. The molecule has 0 saturated carbocycles. The Kier molecular flexibility index (Phi) is 3.31. The Hall–Kier alpha value is -2.85. The number of aromatic nitrogens is 3. The average molecular weight is 357 g/mol. The van der Waals surface area contributed by atoms with Crippen LogP contribution in [0.3, 0.4) is 0 Å². The van der Waals surface area contributed by atoms with Crippen molar-refractivity contribution in [3.05, 3.63) is 71.5 Å². The monoisotopic (exact) mass is 357 g/mol. The summed E-state index contributed by atoms with van der Waals surface area (Å²) in [4.78, 5) is 7.31. The van der Waals surface area contributed by atoms with Gasteiger partial charge in [-0.25, -0.2) is 4.98 Å². The fourth-order valence-corrected chi connectivity index (χ4v) is 4.55. The van der Waals surface area contributed by atoms with E-state index in [1.807, 2.05) is 0 Å². The Balaban J connectivity index is 1.70. The van der Waals surface area contributed by atoms with Gasteiger partial charge in [0.2, 0.25) is 0 Å². The summed E-state index contributed by atoms with van der Waals surface area (Å²) >= 11 is 1.79. The highest BCUT2D eigenvalue weighted by atomic mass is 32.1. The molecule has 0 bridgehead atoms. The number of hydrogen-bond acceptors (Lipinski definition) is 2. The molecule has 5 aromatic rings. The van der Waals surface area contributed by atoms with Crippen molar-refractivity contribution in [3.63, 3.8) is 0 Å². The topological polar surface area (TPSA) is 22.8 Å². The summed E-state index contributed by atoms with van der Waals surface area (Å²) in [5, 5.41) is 2.57. The third-order valence-corrected chi connectivity index (χ3v) is 6.07. The van der Waals surface area contributed by atoms with Crippen LogP contribution >= 0.6 is 11.3 Å². The van der Waals surface area contributed by atoms with E-state index in [9.17, 15) is 0 Å². The van der Waals surface area contributed by atoms with Crippen LogP contribution in [0, 0.1) is 13.8 Å². The molecule has 3 nitrogen and oxygen atoms in total. The summed E-state index contributed by atoms with van der Waals surface area (Å²) in [5.74, 6) is 1.01. The van der Waals surface area contributed by atoms with Gasteiger partial charge in [-0.05, 0) is 50.2 Å². The molecule has 0 saturated heterocycles. The molecule has 0 atom stereocenters. The van der Waals surface area contributed by atoms with Crippen LogP contribution in [0.2, 0.25) is 0 Å². The van der Waals surface area contributed by atoms with Gasteiger partial charge in [-0.1, -0.05) is 18.2 Å². The van der Waals surface area contributed by atoms with E-state index in [4.69, 9.17) is 4.98 Å². The first-order valence-electron chi connectivity index (χ1n) is 8.72. The molecule has 0 aliphatic carbocycles. The Morgan fingerprint density at radius 1 is 0.885 bits per heavy atom. The highest BCUT2D eigenvalue weighted by Crippen LogP contribution is 2.32. The van der Waals surface area contributed by atoms with Crippen molar-refractivity contribution in [2.45, 2.75) is 13.8 Å². The molecule has 3 aromatic heterocycles. The minimum Gasteiger partial charge on any atom is -0.344 e. The van der Waals surface area contributed by atoms with E-state index in [2.05, 4.69) is 90.8 Å². The van der Waals surface area contributed by atoms with Crippen LogP contribution in [0.25, 0.3) is 38.1 Å². The van der Waals surface area contributed by atoms with Crippen molar-refractivity contribution in [2.75, 3.05) is 0 Å². The summed E-state index contributed by atoms with van der Waals surface area (Å²) in [7, 11) is 2.13. The third-order valence-electron chi connectivity index (χ3n) is 5.05. The highest BCUT2D eigenvalue weighted by Gasteiger charge is 2.12. The lowest BCUT2D eigenvalue weighted by molar-refractivity contribution is 0.974. The summed E-state index contributed by atoms with van der Waals surface area (Å²) in [6.45, 7) is 4.20. The SMILES string of the molecule is Cc1ccc(-c2cn(-c3ccc4c(c3)c3ccccc3n4C)c(C)n2)s1. The Morgan fingerprint density at radius 2 is 1.69 bits per heavy atom. The number of rotatable bonds is 2. The van der Waals surface area contributed by atoms with Crippen LogP contribution in [0.4, 0.5) is 0 Å². The van der Waals surface area contributed by atoms with Crippen molar-refractivity contribution >= 4 is 33.1 Å². The van der Waals surface area contributed by atoms with E-state index >= 15 is 0 Å². The Labute approximate surface area is 156 Å². The van der Waals surface area contributed by atoms with Crippen molar-refractivity contribution < 1.29 is 0 Å². The molecule has 4 heteroatoms. The maximum atomic E-state index is 4.79. The summed E-state index contributed by atoms with van der Waals surface area (Å²) < 4.78 is 4.45. The zero-order valence-electron chi connectivity index (χ0n) is 15.0. The van der Waals surface area contributed by atoms with Gasteiger partial charge in [0.1, 0.15) is 5.82 Å². The Bertz CT molecular complexity index is 1270. The van der Waals surface area contributed by atoms with E-state index in [1.165, 1.54) is 31.6 Å². The summed E-state index contributed by atoms with van der Waals surface area (Å²) in [5.41, 5.74) is 4.70. The lowest BCUT2D eigenvalue weighted by Gasteiger charge is -2.05. The zero-order chi connectivity index (χ0) is 17.8. The van der Waals surface area contributed by atoms with Gasteiger partial charge in [0.05, 0.1) is 10.6 Å². The molecular weight excluding hydrogens is 338 g/mol. The molecule has 3 heterocycles. The number of aryl methyl sites for hydroxylation is 3. The number of para-hydroxylation sites is 1. The summed E-state index contributed by atoms with van der Waals surface area (Å²) in [6.07, 6.45) is 2.15. The lowest BCUT2D eigenvalue weighted by Crippen LogP contribution is -1.95. The number of thiophene rings is 1. The van der Waals surface area contributed by atoms with Gasteiger partial charge in [-0.2, -0.15) is 0 Å². The fourth-order valence-electron chi connectivity index (χ4n) is 3.73. The van der Waals surface area contributed by atoms with Crippen molar-refractivity contribution in [3.8, 4) is 16.3 Å². The maximum Gasteiger partial charge on any atom is 0.110 e. The minimum absolute atomic E-state index is 1.01. The Morgan fingerprint density at radius 3 is 2.50 bits per heavy atom. The standard InChI is InChI=1S/C22H19N3S/c1-14-8-11-22(26-14)19-13-25(15(2)23-19)16-9-10-21-18(12-16)17-6-4-5-7-20(17)24(21)3/h4-13H,1-3H3. The molecule has 0 radical (unpaired) electrons. The molecule has 128 valence electrons. The number of nitrogens with zero attached hydrogens (tertiary/aromatic N) is 3. The molecule has 0 amide bonds. The first kappa shape index (κ1) is 15.4. The van der Waals surface area contributed by atoms with E-state index in [0.29, 0.717) is 0 Å². The molecular formula is C22H19N3S. The molecule has 0 spiro atoms. The molecule has 0 fully saturated rings. The zero-order valence-corrected chi connectivity index (χ0v) is 15.8. The number of hydrogen-bond donors (Lipinski definition) is 0. The highest BCUT2D eigenvalue weighted by molar-refractivity contribution is 7.15. The molecule has 5 rings (SSSR count). The van der Waals surface area contributed by atoms with Gasteiger partial charge in [0, 0.05) is 45.6 Å². The van der Waals surface area contributed by atoms with Crippen LogP contribution in [-0.4, -0.2) is 14.1 Å². The van der Waals surface area contributed by atoms with Gasteiger partial charge >= 0.3 is 0 Å². The van der Waals surface area contributed by atoms with Crippen LogP contribution in [-0.2, 0) is 7.05 Å². The average Bonchev–Trinajstić information content (AvgIpc) is 3.33. The molecule has 0 aliphatic rings. The van der Waals surface area contributed by atoms with Gasteiger partial charge in [0.15, 0.2) is 0 Å². The van der Waals surface area contributed by atoms with Crippen molar-refractivity contribution in [1.82, 2.24) is 14.1 Å². The van der Waals surface area contributed by atoms with Crippen molar-refractivity contribution in [2.24, 2.45) is 7.05 Å². The van der Waals surface area contributed by atoms with Crippen molar-refractivity contribution in [1.29, 1.82) is 0 Å². The van der Waals surface area contributed by atoms with Crippen LogP contribution < -0.4 is 0 Å². The number of imidazole rings is 1. The predicted octanol–water partition coefficient (Wildman–Crippen LogP) is 5.86. The maximum absolute atomic E-state index is 4.79. The van der Waals surface area contributed by atoms with E-state index < -0.39 is 0 Å². The van der Waals surface area contributed by atoms with Crippen LogP contribution in [0.15, 0.2) is 60.8 Å². The van der Waals surface area contributed by atoms with Crippen LogP contribution in [0.1, 0.15) is 10.7 Å². The van der Waals surface area contributed by atoms with Gasteiger partial charge in [-0.15, -0.1) is 11.3 Å². The lowest BCUT2D eigenvalue weighted by atomic mass is 10.1. The second kappa shape index (κ2) is 5.58. The van der Waals surface area contributed by atoms with Gasteiger partial charge < -0.3 is 9.13 Å². The number of benzene rings is 2. The first-order chi connectivity index (χ1) is 12.6. The molecule has 0 aliphatic heterocycles. The van der Waals surface area contributed by atoms with Gasteiger partial charge in [-0.3, -0.25) is 0 Å². The van der Waals surface area contributed by atoms with E-state index in [0.717, 1.165) is 17.2 Å². The largest absolute Gasteiger partial charge is 0.344 e. The van der Waals surface area contributed by atoms with Gasteiger partial charge in [0.25, 0.3) is 0 Å². The van der Waals surface area contributed by atoms with Crippen LogP contribution in [0.5, 0.6) is 0 Å². The predicted molar refractivity (Wildman–Crippen MR) is 110 cm³/mol. The third kappa shape index (κ3) is 2.22.